The summed E-state index contributed by atoms with van der Waals surface area (Å²) in [5, 5.41) is 2.95. The lowest BCUT2D eigenvalue weighted by Crippen LogP contribution is -2.33. The van der Waals surface area contributed by atoms with Crippen molar-refractivity contribution in [2.75, 3.05) is 13.7 Å². The highest BCUT2D eigenvalue weighted by Crippen LogP contribution is 2.14. The molecule has 1 amide bonds. The predicted molar refractivity (Wildman–Crippen MR) is 72.2 cm³/mol. The number of methoxy groups -OCH3 is 1. The smallest absolute Gasteiger partial charge is 0.223 e. The third-order valence-electron chi connectivity index (χ3n) is 2.93. The Morgan fingerprint density at radius 1 is 1.50 bits per heavy atom. The van der Waals surface area contributed by atoms with E-state index in [-0.39, 0.29) is 18.1 Å². The van der Waals surface area contributed by atoms with Crippen molar-refractivity contribution in [1.29, 1.82) is 0 Å². The zero-order valence-electron chi connectivity index (χ0n) is 11.3. The molecule has 1 aromatic rings. The molecule has 0 fully saturated rings. The normalized spacial score (nSPS) is 14.0. The van der Waals surface area contributed by atoms with Gasteiger partial charge in [0.25, 0.3) is 0 Å². The topological polar surface area (TPSA) is 64.3 Å². The van der Waals surface area contributed by atoms with Crippen LogP contribution in [0.5, 0.6) is 0 Å². The number of ether oxygens (including phenoxy) is 1. The van der Waals surface area contributed by atoms with Crippen molar-refractivity contribution in [3.8, 4) is 0 Å². The summed E-state index contributed by atoms with van der Waals surface area (Å²) in [6, 6.07) is 8.10. The van der Waals surface area contributed by atoms with Crippen molar-refractivity contribution in [3.63, 3.8) is 0 Å². The van der Waals surface area contributed by atoms with Crippen LogP contribution in [0.2, 0.25) is 0 Å². The predicted octanol–water partition coefficient (Wildman–Crippen LogP) is 1.54. The van der Waals surface area contributed by atoms with E-state index in [1.807, 2.05) is 32.0 Å². The van der Waals surface area contributed by atoms with Crippen molar-refractivity contribution in [2.45, 2.75) is 32.4 Å². The number of nitrogens with two attached hydrogens (primary N) is 1. The monoisotopic (exact) mass is 250 g/mol. The van der Waals surface area contributed by atoms with Crippen molar-refractivity contribution in [3.05, 3.63) is 35.4 Å². The van der Waals surface area contributed by atoms with E-state index in [4.69, 9.17) is 10.5 Å². The van der Waals surface area contributed by atoms with Crippen LogP contribution in [0.3, 0.4) is 0 Å². The largest absolute Gasteiger partial charge is 0.380 e. The molecule has 3 N–H and O–H groups in total. The maximum Gasteiger partial charge on any atom is 0.223 e. The summed E-state index contributed by atoms with van der Waals surface area (Å²) < 4.78 is 5.09. The fourth-order valence-electron chi connectivity index (χ4n) is 1.79. The Labute approximate surface area is 109 Å². The molecule has 0 saturated carbocycles. The molecule has 0 aromatic heterocycles. The van der Waals surface area contributed by atoms with Gasteiger partial charge in [0, 0.05) is 13.7 Å². The number of hydrogen-bond acceptors (Lipinski definition) is 3. The van der Waals surface area contributed by atoms with E-state index in [0.29, 0.717) is 13.0 Å². The van der Waals surface area contributed by atoms with Gasteiger partial charge in [0.05, 0.1) is 18.6 Å². The number of nitrogens with one attached hydrogen (secondary N) is 1. The zero-order valence-corrected chi connectivity index (χ0v) is 11.3. The Morgan fingerprint density at radius 3 is 2.78 bits per heavy atom. The fourth-order valence-corrected chi connectivity index (χ4v) is 1.79. The fraction of sp³-hybridized carbons (Fsp3) is 0.500. The van der Waals surface area contributed by atoms with Gasteiger partial charge >= 0.3 is 0 Å². The summed E-state index contributed by atoms with van der Waals surface area (Å²) >= 11 is 0. The molecule has 1 unspecified atom stereocenters. The molecule has 100 valence electrons. The molecule has 18 heavy (non-hydrogen) atoms. The molecular formula is C14H22N2O2. The third-order valence-corrected chi connectivity index (χ3v) is 2.93. The average molecular weight is 250 g/mol. The van der Waals surface area contributed by atoms with Crippen molar-refractivity contribution in [2.24, 2.45) is 5.73 Å². The summed E-state index contributed by atoms with van der Waals surface area (Å²) in [5.41, 5.74) is 7.78. The molecule has 1 rings (SSSR count). The van der Waals surface area contributed by atoms with Crippen LogP contribution in [0.15, 0.2) is 24.3 Å². The number of hydrogen-bond donors (Lipinski definition) is 2. The second-order valence-electron chi connectivity index (χ2n) is 4.50. The SMILES string of the molecule is COC(CN)CC(=O)N[C@H](C)c1cccc(C)c1. The lowest BCUT2D eigenvalue weighted by molar-refractivity contribution is -0.124. The Hall–Kier alpha value is -1.39. The highest BCUT2D eigenvalue weighted by atomic mass is 16.5. The first-order chi connectivity index (χ1) is 8.56. The number of carbonyl (C=O) groups is 1. The van der Waals surface area contributed by atoms with E-state index < -0.39 is 0 Å². The first-order valence-corrected chi connectivity index (χ1v) is 6.15. The molecule has 1 aromatic carbocycles. The summed E-state index contributed by atoms with van der Waals surface area (Å²) in [7, 11) is 1.56. The summed E-state index contributed by atoms with van der Waals surface area (Å²) in [6.45, 7) is 4.35. The van der Waals surface area contributed by atoms with E-state index in [1.54, 1.807) is 7.11 Å². The van der Waals surface area contributed by atoms with Crippen molar-refractivity contribution in [1.82, 2.24) is 5.32 Å². The Morgan fingerprint density at radius 2 is 2.22 bits per heavy atom. The molecule has 0 spiro atoms. The molecular weight excluding hydrogens is 228 g/mol. The Kier molecular flexibility index (Phi) is 5.82. The third kappa shape index (κ3) is 4.47. The molecule has 4 heteroatoms. The number of amides is 1. The molecule has 0 aliphatic carbocycles. The first kappa shape index (κ1) is 14.7. The second-order valence-corrected chi connectivity index (χ2v) is 4.50. The van der Waals surface area contributed by atoms with Crippen LogP contribution >= 0.6 is 0 Å². The first-order valence-electron chi connectivity index (χ1n) is 6.15. The van der Waals surface area contributed by atoms with Crippen LogP contribution in [0.4, 0.5) is 0 Å². The van der Waals surface area contributed by atoms with Crippen LogP contribution in [0.1, 0.15) is 30.5 Å². The van der Waals surface area contributed by atoms with Gasteiger partial charge in [0.15, 0.2) is 0 Å². The van der Waals surface area contributed by atoms with Crippen LogP contribution in [-0.2, 0) is 9.53 Å². The van der Waals surface area contributed by atoms with Gasteiger partial charge in [0.1, 0.15) is 0 Å². The average Bonchev–Trinajstić information content (AvgIpc) is 2.35. The number of aryl methyl sites for hydroxylation is 1. The van der Waals surface area contributed by atoms with Crippen molar-refractivity contribution < 1.29 is 9.53 Å². The van der Waals surface area contributed by atoms with Crippen LogP contribution < -0.4 is 11.1 Å². The Bertz CT molecular complexity index is 389. The number of benzene rings is 1. The highest BCUT2D eigenvalue weighted by molar-refractivity contribution is 5.77. The van der Waals surface area contributed by atoms with Gasteiger partial charge in [-0.25, -0.2) is 0 Å². The molecule has 0 heterocycles. The molecule has 2 atom stereocenters. The van der Waals surface area contributed by atoms with Gasteiger partial charge in [-0.15, -0.1) is 0 Å². The summed E-state index contributed by atoms with van der Waals surface area (Å²) in [4.78, 5) is 11.8. The van der Waals surface area contributed by atoms with Gasteiger partial charge in [0.2, 0.25) is 5.91 Å². The lowest BCUT2D eigenvalue weighted by atomic mass is 10.1. The van der Waals surface area contributed by atoms with E-state index >= 15 is 0 Å². The molecule has 0 bridgehead atoms. The summed E-state index contributed by atoms with van der Waals surface area (Å²) in [5.74, 6) is -0.0405. The lowest BCUT2D eigenvalue weighted by Gasteiger charge is -2.17. The van der Waals surface area contributed by atoms with E-state index in [9.17, 15) is 4.79 Å². The Balaban J connectivity index is 2.54. The van der Waals surface area contributed by atoms with Gasteiger partial charge in [-0.1, -0.05) is 29.8 Å². The van der Waals surface area contributed by atoms with Crippen LogP contribution in [0, 0.1) is 6.92 Å². The second kappa shape index (κ2) is 7.13. The number of carbonyl (C=O) groups excluding carboxylic acids is 1. The van der Waals surface area contributed by atoms with Crippen molar-refractivity contribution >= 4 is 5.91 Å². The maximum absolute atomic E-state index is 11.8. The molecule has 0 radical (unpaired) electrons. The quantitative estimate of drug-likeness (QED) is 0.805. The minimum absolute atomic E-state index is 0.00678. The summed E-state index contributed by atoms with van der Waals surface area (Å²) in [6.07, 6.45) is 0.0816. The zero-order chi connectivity index (χ0) is 13.5. The van der Waals surface area contributed by atoms with Gasteiger partial charge < -0.3 is 15.8 Å². The van der Waals surface area contributed by atoms with E-state index in [2.05, 4.69) is 11.4 Å². The minimum Gasteiger partial charge on any atom is -0.380 e. The van der Waals surface area contributed by atoms with Gasteiger partial charge in [-0.3, -0.25) is 4.79 Å². The van der Waals surface area contributed by atoms with Crippen LogP contribution in [0.25, 0.3) is 0 Å². The molecule has 4 nitrogen and oxygen atoms in total. The van der Waals surface area contributed by atoms with E-state index in [0.717, 1.165) is 5.56 Å². The minimum atomic E-state index is -0.213. The maximum atomic E-state index is 11.8. The molecule has 0 saturated heterocycles. The molecule has 0 aliphatic rings. The molecule has 0 aliphatic heterocycles. The van der Waals surface area contributed by atoms with Gasteiger partial charge in [-0.2, -0.15) is 0 Å². The highest BCUT2D eigenvalue weighted by Gasteiger charge is 2.14. The van der Waals surface area contributed by atoms with Gasteiger partial charge in [-0.05, 0) is 19.4 Å². The number of rotatable bonds is 6. The standard InChI is InChI=1S/C14H22N2O2/c1-10-5-4-6-12(7-10)11(2)16-14(17)8-13(9-15)18-3/h4-7,11,13H,8-9,15H2,1-3H3,(H,16,17)/t11-,13?/m1/s1. The van der Waals surface area contributed by atoms with E-state index in [1.165, 1.54) is 5.56 Å². The van der Waals surface area contributed by atoms with Crippen LogP contribution in [-0.4, -0.2) is 25.7 Å².